The summed E-state index contributed by atoms with van der Waals surface area (Å²) in [7, 11) is 0. The highest BCUT2D eigenvalue weighted by Gasteiger charge is 2.32. The Labute approximate surface area is 123 Å². The van der Waals surface area contributed by atoms with E-state index in [2.05, 4.69) is 24.1 Å². The van der Waals surface area contributed by atoms with Crippen LogP contribution in [0.15, 0.2) is 0 Å². The van der Waals surface area contributed by atoms with Crippen molar-refractivity contribution in [1.29, 1.82) is 0 Å². The van der Waals surface area contributed by atoms with Crippen molar-refractivity contribution in [1.82, 2.24) is 10.2 Å². The molecule has 1 aliphatic heterocycles. The molecule has 116 valence electrons. The molecule has 20 heavy (non-hydrogen) atoms. The average Bonchev–Trinajstić information content (AvgIpc) is 3.11. The number of carbonyl (C=O) groups excluding carboxylic acids is 1. The molecule has 2 fully saturated rings. The van der Waals surface area contributed by atoms with Gasteiger partial charge in [-0.1, -0.05) is 26.7 Å². The van der Waals surface area contributed by atoms with Gasteiger partial charge in [-0.3, -0.25) is 0 Å². The fraction of sp³-hybridized carbons (Fsp3) is 0.938. The highest BCUT2D eigenvalue weighted by Crippen LogP contribution is 2.37. The Bertz CT molecular complexity index is 304. The minimum Gasteiger partial charge on any atom is -0.450 e. The number of nitrogens with one attached hydrogen (secondary N) is 1. The number of amides is 1. The Morgan fingerprint density at radius 1 is 1.30 bits per heavy atom. The van der Waals surface area contributed by atoms with Crippen LogP contribution in [0.4, 0.5) is 4.79 Å². The summed E-state index contributed by atoms with van der Waals surface area (Å²) >= 11 is 0. The first-order chi connectivity index (χ1) is 9.56. The molecule has 2 unspecified atom stereocenters. The van der Waals surface area contributed by atoms with Gasteiger partial charge in [0, 0.05) is 25.7 Å². The van der Waals surface area contributed by atoms with E-state index in [4.69, 9.17) is 4.74 Å². The van der Waals surface area contributed by atoms with Gasteiger partial charge in [0.2, 0.25) is 0 Å². The van der Waals surface area contributed by atoms with Gasteiger partial charge < -0.3 is 15.0 Å². The van der Waals surface area contributed by atoms with Crippen LogP contribution in [0.1, 0.15) is 46.5 Å². The molecule has 4 heteroatoms. The topological polar surface area (TPSA) is 41.6 Å². The van der Waals surface area contributed by atoms with Crippen molar-refractivity contribution < 1.29 is 9.53 Å². The van der Waals surface area contributed by atoms with Gasteiger partial charge in [-0.2, -0.15) is 0 Å². The standard InChI is InChI=1S/C16H30N2O2/c1-4-20-16(19)17-15-8-14(7-13-5-6-13)10-18(11-15)9-12(2)3/h12-15H,4-11H2,1-3H3,(H,17,19). The van der Waals surface area contributed by atoms with E-state index in [0.717, 1.165) is 31.3 Å². The monoisotopic (exact) mass is 282 g/mol. The number of likely N-dealkylation sites (tertiary alicyclic amines) is 1. The van der Waals surface area contributed by atoms with Gasteiger partial charge in [0.05, 0.1) is 6.61 Å². The normalized spacial score (nSPS) is 27.6. The third-order valence-electron chi connectivity index (χ3n) is 4.20. The van der Waals surface area contributed by atoms with E-state index in [1.165, 1.54) is 25.8 Å². The minimum absolute atomic E-state index is 0.255. The van der Waals surface area contributed by atoms with Crippen molar-refractivity contribution >= 4 is 6.09 Å². The Morgan fingerprint density at radius 3 is 2.65 bits per heavy atom. The average molecular weight is 282 g/mol. The summed E-state index contributed by atoms with van der Waals surface area (Å²) in [6.45, 7) is 10.1. The number of nitrogens with zero attached hydrogens (tertiary/aromatic N) is 1. The Hall–Kier alpha value is -0.770. The van der Waals surface area contributed by atoms with Crippen LogP contribution >= 0.6 is 0 Å². The van der Waals surface area contributed by atoms with E-state index in [9.17, 15) is 4.79 Å². The fourth-order valence-electron chi connectivity index (χ4n) is 3.41. The third kappa shape index (κ3) is 5.31. The second-order valence-electron chi connectivity index (χ2n) is 6.95. The quantitative estimate of drug-likeness (QED) is 0.814. The van der Waals surface area contributed by atoms with E-state index in [1.807, 2.05) is 6.92 Å². The number of rotatable bonds is 6. The molecule has 1 amide bonds. The van der Waals surface area contributed by atoms with E-state index < -0.39 is 0 Å². The van der Waals surface area contributed by atoms with Crippen molar-refractivity contribution in [3.63, 3.8) is 0 Å². The van der Waals surface area contributed by atoms with Crippen LogP contribution in [0.2, 0.25) is 0 Å². The van der Waals surface area contributed by atoms with Crippen LogP contribution in [-0.2, 0) is 4.74 Å². The molecule has 0 spiro atoms. The predicted molar refractivity (Wildman–Crippen MR) is 80.7 cm³/mol. The number of carbonyl (C=O) groups is 1. The maximum atomic E-state index is 11.6. The molecule has 2 atom stereocenters. The van der Waals surface area contributed by atoms with Crippen molar-refractivity contribution in [2.45, 2.75) is 52.5 Å². The summed E-state index contributed by atoms with van der Waals surface area (Å²) in [5.41, 5.74) is 0. The number of alkyl carbamates (subject to hydrolysis) is 1. The smallest absolute Gasteiger partial charge is 0.407 e. The van der Waals surface area contributed by atoms with Crippen molar-refractivity contribution in [2.75, 3.05) is 26.2 Å². The van der Waals surface area contributed by atoms with Gasteiger partial charge in [0.25, 0.3) is 0 Å². The molecule has 0 aromatic rings. The SMILES string of the molecule is CCOC(=O)NC1CC(CC2CC2)CN(CC(C)C)C1. The van der Waals surface area contributed by atoms with Gasteiger partial charge in [-0.25, -0.2) is 4.79 Å². The third-order valence-corrected chi connectivity index (χ3v) is 4.20. The van der Waals surface area contributed by atoms with Gasteiger partial charge >= 0.3 is 6.09 Å². The van der Waals surface area contributed by atoms with Crippen LogP contribution in [0.3, 0.4) is 0 Å². The van der Waals surface area contributed by atoms with Gasteiger partial charge in [-0.05, 0) is 37.5 Å². The van der Waals surface area contributed by atoms with E-state index in [1.54, 1.807) is 0 Å². The second-order valence-corrected chi connectivity index (χ2v) is 6.95. The molecule has 1 N–H and O–H groups in total. The maximum absolute atomic E-state index is 11.6. The van der Waals surface area contributed by atoms with Crippen LogP contribution in [0.25, 0.3) is 0 Å². The summed E-state index contributed by atoms with van der Waals surface area (Å²) in [5, 5.41) is 3.04. The molecule has 0 aromatic carbocycles. The molecule has 1 saturated carbocycles. The number of ether oxygens (including phenoxy) is 1. The van der Waals surface area contributed by atoms with E-state index in [0.29, 0.717) is 12.5 Å². The Balaban J connectivity index is 1.86. The zero-order valence-corrected chi connectivity index (χ0v) is 13.2. The highest BCUT2D eigenvalue weighted by atomic mass is 16.5. The molecule has 2 rings (SSSR count). The molecule has 0 aromatic heterocycles. The first-order valence-corrected chi connectivity index (χ1v) is 8.22. The predicted octanol–water partition coefficient (Wildman–Crippen LogP) is 2.88. The fourth-order valence-corrected chi connectivity index (χ4v) is 3.41. The lowest BCUT2D eigenvalue weighted by Crippen LogP contribution is -2.51. The summed E-state index contributed by atoms with van der Waals surface area (Å²) in [6.07, 6.45) is 5.03. The van der Waals surface area contributed by atoms with Crippen molar-refractivity contribution in [3.8, 4) is 0 Å². The summed E-state index contributed by atoms with van der Waals surface area (Å²) in [5.74, 6) is 2.38. The molecular weight excluding hydrogens is 252 g/mol. The first-order valence-electron chi connectivity index (χ1n) is 8.22. The van der Waals surface area contributed by atoms with E-state index in [-0.39, 0.29) is 12.1 Å². The number of hydrogen-bond donors (Lipinski definition) is 1. The lowest BCUT2D eigenvalue weighted by molar-refractivity contribution is 0.106. The zero-order valence-electron chi connectivity index (χ0n) is 13.2. The molecule has 0 bridgehead atoms. The Kier molecular flexibility index (Phi) is 5.70. The summed E-state index contributed by atoms with van der Waals surface area (Å²) < 4.78 is 5.02. The molecule has 1 heterocycles. The van der Waals surface area contributed by atoms with Crippen LogP contribution in [0.5, 0.6) is 0 Å². The van der Waals surface area contributed by atoms with Crippen molar-refractivity contribution in [3.05, 3.63) is 0 Å². The highest BCUT2D eigenvalue weighted by molar-refractivity contribution is 5.67. The largest absolute Gasteiger partial charge is 0.450 e. The van der Waals surface area contributed by atoms with Gasteiger partial charge in [-0.15, -0.1) is 0 Å². The minimum atomic E-state index is -0.255. The first kappa shape index (κ1) is 15.6. The lowest BCUT2D eigenvalue weighted by atomic mass is 9.89. The number of hydrogen-bond acceptors (Lipinski definition) is 3. The van der Waals surface area contributed by atoms with Crippen LogP contribution in [-0.4, -0.2) is 43.3 Å². The molecular formula is C16H30N2O2. The molecule has 0 radical (unpaired) electrons. The van der Waals surface area contributed by atoms with Crippen LogP contribution in [0, 0.1) is 17.8 Å². The van der Waals surface area contributed by atoms with Gasteiger partial charge in [0.15, 0.2) is 0 Å². The summed E-state index contributed by atoms with van der Waals surface area (Å²) in [4.78, 5) is 14.2. The van der Waals surface area contributed by atoms with Gasteiger partial charge in [0.1, 0.15) is 0 Å². The van der Waals surface area contributed by atoms with Crippen molar-refractivity contribution in [2.24, 2.45) is 17.8 Å². The maximum Gasteiger partial charge on any atom is 0.407 e. The van der Waals surface area contributed by atoms with E-state index >= 15 is 0 Å². The molecule has 2 aliphatic rings. The summed E-state index contributed by atoms with van der Waals surface area (Å²) in [6, 6.07) is 0.255. The molecule has 1 aliphatic carbocycles. The molecule has 1 saturated heterocycles. The second kappa shape index (κ2) is 7.30. The zero-order chi connectivity index (χ0) is 14.5. The number of piperidine rings is 1. The lowest BCUT2D eigenvalue weighted by Gasteiger charge is -2.38. The Morgan fingerprint density at radius 2 is 2.05 bits per heavy atom. The van der Waals surface area contributed by atoms with Crippen LogP contribution < -0.4 is 5.32 Å². The molecule has 4 nitrogen and oxygen atoms in total.